The highest BCUT2D eigenvalue weighted by molar-refractivity contribution is 5.79. The zero-order chi connectivity index (χ0) is 15.1. The Morgan fingerprint density at radius 2 is 2.00 bits per heavy atom. The fourth-order valence-corrected chi connectivity index (χ4v) is 2.02. The molecule has 0 heterocycles. The van der Waals surface area contributed by atoms with Crippen LogP contribution in [0.5, 0.6) is 0 Å². The molecule has 1 aromatic rings. The molecule has 0 amide bonds. The molecule has 0 spiro atoms. The molecule has 0 atom stereocenters. The van der Waals surface area contributed by atoms with E-state index in [1.807, 2.05) is 13.8 Å². The van der Waals surface area contributed by atoms with Gasteiger partial charge in [0.15, 0.2) is 0 Å². The molecule has 1 rings (SSSR count). The summed E-state index contributed by atoms with van der Waals surface area (Å²) in [5.41, 5.74) is 5.55. The number of hydrogen-bond donors (Lipinski definition) is 1. The van der Waals surface area contributed by atoms with Gasteiger partial charge in [-0.2, -0.15) is 0 Å². The summed E-state index contributed by atoms with van der Waals surface area (Å²) < 4.78 is 5.69. The van der Waals surface area contributed by atoms with Crippen LogP contribution in [-0.2, 0) is 4.74 Å². The predicted octanol–water partition coefficient (Wildman–Crippen LogP) is 5.00. The van der Waals surface area contributed by atoms with E-state index in [1.165, 1.54) is 11.8 Å². The van der Waals surface area contributed by atoms with Gasteiger partial charge in [0.2, 0.25) is 0 Å². The second-order valence-electron chi connectivity index (χ2n) is 4.86. The normalized spacial score (nSPS) is 11.6. The Morgan fingerprint density at radius 1 is 1.30 bits per heavy atom. The van der Waals surface area contributed by atoms with Crippen molar-refractivity contribution in [1.29, 1.82) is 5.41 Å². The monoisotopic (exact) mass is 269 g/mol. The molecule has 0 saturated heterocycles. The van der Waals surface area contributed by atoms with Crippen molar-refractivity contribution in [3.05, 3.63) is 59.9 Å². The van der Waals surface area contributed by atoms with Gasteiger partial charge in [-0.15, -0.1) is 0 Å². The van der Waals surface area contributed by atoms with Crippen molar-refractivity contribution >= 4 is 17.4 Å². The lowest BCUT2D eigenvalue weighted by atomic mass is 9.94. The standard InChI is InChI=1S/C18H23NO/c1-6-18(20-11-7-10-19)15(5)16-9-8-14(4)12-17(16)13(2)3/h6,8-10,12,19H,1-2,7,11H2,3-5H3/b18-15+,19-10?. The number of benzene rings is 1. The number of allylic oxidation sites excluding steroid dienone is 3. The fraction of sp³-hybridized carbons (Fsp3) is 0.278. The molecule has 1 N–H and O–H groups in total. The van der Waals surface area contributed by atoms with Gasteiger partial charge in [0, 0.05) is 6.42 Å². The first kappa shape index (κ1) is 16.0. The van der Waals surface area contributed by atoms with Crippen molar-refractivity contribution in [3.8, 4) is 0 Å². The van der Waals surface area contributed by atoms with Crippen LogP contribution < -0.4 is 0 Å². The van der Waals surface area contributed by atoms with Crippen molar-refractivity contribution in [1.82, 2.24) is 0 Å². The van der Waals surface area contributed by atoms with Crippen LogP contribution in [0.4, 0.5) is 0 Å². The molecule has 20 heavy (non-hydrogen) atoms. The Morgan fingerprint density at radius 3 is 2.55 bits per heavy atom. The van der Waals surface area contributed by atoms with Crippen LogP contribution in [0.25, 0.3) is 11.1 Å². The van der Waals surface area contributed by atoms with E-state index in [2.05, 4.69) is 38.3 Å². The van der Waals surface area contributed by atoms with Gasteiger partial charge in [-0.05, 0) is 49.8 Å². The lowest BCUT2D eigenvalue weighted by Crippen LogP contribution is -1.98. The molecular formula is C18H23NO. The van der Waals surface area contributed by atoms with E-state index in [0.717, 1.165) is 28.0 Å². The zero-order valence-corrected chi connectivity index (χ0v) is 12.6. The largest absolute Gasteiger partial charge is 0.493 e. The maximum absolute atomic E-state index is 7.03. The molecule has 2 nitrogen and oxygen atoms in total. The molecule has 0 aliphatic heterocycles. The molecule has 0 aliphatic rings. The van der Waals surface area contributed by atoms with E-state index in [4.69, 9.17) is 10.1 Å². The van der Waals surface area contributed by atoms with Crippen LogP contribution in [0.15, 0.2) is 43.2 Å². The van der Waals surface area contributed by atoms with Crippen LogP contribution in [0.1, 0.15) is 37.0 Å². The number of ether oxygens (including phenoxy) is 1. The number of nitrogens with one attached hydrogen (secondary N) is 1. The lowest BCUT2D eigenvalue weighted by molar-refractivity contribution is 0.236. The van der Waals surface area contributed by atoms with Crippen molar-refractivity contribution < 1.29 is 4.74 Å². The Kier molecular flexibility index (Phi) is 5.98. The SMILES string of the molecule is C=C/C(OCCC=N)=C(/C)c1ccc(C)cc1C(=C)C. The molecule has 2 heteroatoms. The van der Waals surface area contributed by atoms with Crippen molar-refractivity contribution in [3.63, 3.8) is 0 Å². The molecular weight excluding hydrogens is 246 g/mol. The van der Waals surface area contributed by atoms with Gasteiger partial charge in [0.05, 0.1) is 6.61 Å². The number of hydrogen-bond acceptors (Lipinski definition) is 2. The average Bonchev–Trinajstić information content (AvgIpc) is 2.43. The third kappa shape index (κ3) is 3.95. The number of aryl methyl sites for hydroxylation is 1. The Hall–Kier alpha value is -2.09. The minimum absolute atomic E-state index is 0.496. The van der Waals surface area contributed by atoms with Gasteiger partial charge < -0.3 is 10.1 Å². The summed E-state index contributed by atoms with van der Waals surface area (Å²) >= 11 is 0. The Balaban J connectivity index is 3.22. The molecule has 1 aromatic carbocycles. The summed E-state index contributed by atoms with van der Waals surface area (Å²) in [5.74, 6) is 0.762. The van der Waals surface area contributed by atoms with Crippen LogP contribution in [0.3, 0.4) is 0 Å². The first-order valence-corrected chi connectivity index (χ1v) is 6.73. The molecule has 0 bridgehead atoms. The van der Waals surface area contributed by atoms with Gasteiger partial charge in [0.1, 0.15) is 5.76 Å². The third-order valence-corrected chi connectivity index (χ3v) is 3.11. The van der Waals surface area contributed by atoms with Crippen LogP contribution in [0.2, 0.25) is 0 Å². The van der Waals surface area contributed by atoms with Crippen LogP contribution in [-0.4, -0.2) is 12.8 Å². The Labute approximate surface area is 122 Å². The first-order chi connectivity index (χ1) is 9.51. The topological polar surface area (TPSA) is 33.1 Å². The van der Waals surface area contributed by atoms with E-state index in [0.29, 0.717) is 13.0 Å². The van der Waals surface area contributed by atoms with Gasteiger partial charge in [-0.3, -0.25) is 0 Å². The molecule has 0 saturated carbocycles. The van der Waals surface area contributed by atoms with E-state index in [-0.39, 0.29) is 0 Å². The van der Waals surface area contributed by atoms with Crippen LogP contribution >= 0.6 is 0 Å². The van der Waals surface area contributed by atoms with E-state index >= 15 is 0 Å². The second-order valence-corrected chi connectivity index (χ2v) is 4.86. The highest BCUT2D eigenvalue weighted by atomic mass is 16.5. The summed E-state index contributed by atoms with van der Waals surface area (Å²) in [6, 6.07) is 6.32. The highest BCUT2D eigenvalue weighted by Gasteiger charge is 2.09. The Bertz CT molecular complexity index is 553. The van der Waals surface area contributed by atoms with E-state index in [1.54, 1.807) is 6.08 Å². The summed E-state index contributed by atoms with van der Waals surface area (Å²) in [5, 5.41) is 7.03. The quantitative estimate of drug-likeness (QED) is 0.321. The summed E-state index contributed by atoms with van der Waals surface area (Å²) in [6.07, 6.45) is 3.68. The highest BCUT2D eigenvalue weighted by Crippen LogP contribution is 2.28. The maximum atomic E-state index is 7.03. The molecule has 0 aliphatic carbocycles. The molecule has 106 valence electrons. The van der Waals surface area contributed by atoms with E-state index in [9.17, 15) is 0 Å². The smallest absolute Gasteiger partial charge is 0.122 e. The van der Waals surface area contributed by atoms with Crippen molar-refractivity contribution in [2.24, 2.45) is 0 Å². The average molecular weight is 269 g/mol. The third-order valence-electron chi connectivity index (χ3n) is 3.11. The lowest BCUT2D eigenvalue weighted by Gasteiger charge is -2.15. The molecule has 0 unspecified atom stereocenters. The van der Waals surface area contributed by atoms with Gasteiger partial charge in [-0.25, -0.2) is 0 Å². The minimum atomic E-state index is 0.496. The molecule has 0 fully saturated rings. The minimum Gasteiger partial charge on any atom is -0.493 e. The van der Waals surface area contributed by atoms with Crippen LogP contribution in [0, 0.1) is 12.3 Å². The second kappa shape index (κ2) is 7.49. The zero-order valence-electron chi connectivity index (χ0n) is 12.6. The fourth-order valence-electron chi connectivity index (χ4n) is 2.02. The van der Waals surface area contributed by atoms with Crippen molar-refractivity contribution in [2.75, 3.05) is 6.61 Å². The summed E-state index contributed by atoms with van der Waals surface area (Å²) in [6.45, 7) is 14.5. The van der Waals surface area contributed by atoms with E-state index < -0.39 is 0 Å². The van der Waals surface area contributed by atoms with Gasteiger partial charge >= 0.3 is 0 Å². The van der Waals surface area contributed by atoms with Gasteiger partial charge in [-0.1, -0.05) is 42.5 Å². The molecule has 0 aromatic heterocycles. The number of rotatable bonds is 7. The summed E-state index contributed by atoms with van der Waals surface area (Å²) in [4.78, 5) is 0. The predicted molar refractivity (Wildman–Crippen MR) is 88.0 cm³/mol. The van der Waals surface area contributed by atoms with Crippen molar-refractivity contribution in [2.45, 2.75) is 27.2 Å². The molecule has 0 radical (unpaired) electrons. The summed E-state index contributed by atoms with van der Waals surface area (Å²) in [7, 11) is 0. The first-order valence-electron chi connectivity index (χ1n) is 6.73. The maximum Gasteiger partial charge on any atom is 0.122 e. The van der Waals surface area contributed by atoms with Gasteiger partial charge in [0.25, 0.3) is 0 Å².